The van der Waals surface area contributed by atoms with Crippen LogP contribution in [0.2, 0.25) is 5.02 Å². The van der Waals surface area contributed by atoms with Gasteiger partial charge < -0.3 is 15.1 Å². The van der Waals surface area contributed by atoms with Crippen molar-refractivity contribution >= 4 is 29.1 Å². The zero-order valence-electron chi connectivity index (χ0n) is 14.3. The number of piperazine rings is 1. The fraction of sp³-hybridized carbons (Fsp3) is 0.389. The minimum atomic E-state index is -0.0206. The van der Waals surface area contributed by atoms with E-state index in [2.05, 4.69) is 27.1 Å². The minimum Gasteiger partial charge on any atom is -0.368 e. The van der Waals surface area contributed by atoms with E-state index in [-0.39, 0.29) is 5.91 Å². The van der Waals surface area contributed by atoms with Gasteiger partial charge in [-0.25, -0.2) is 9.97 Å². The Labute approximate surface area is 152 Å². The van der Waals surface area contributed by atoms with Crippen molar-refractivity contribution in [2.24, 2.45) is 0 Å². The van der Waals surface area contributed by atoms with E-state index >= 15 is 0 Å². The first-order valence-corrected chi connectivity index (χ1v) is 8.91. The van der Waals surface area contributed by atoms with Crippen molar-refractivity contribution < 1.29 is 4.79 Å². The van der Waals surface area contributed by atoms with Crippen molar-refractivity contribution in [2.45, 2.75) is 13.3 Å². The predicted molar refractivity (Wildman–Crippen MR) is 100 cm³/mol. The molecule has 1 aliphatic heterocycles. The van der Waals surface area contributed by atoms with Crippen molar-refractivity contribution in [1.29, 1.82) is 0 Å². The number of carbonyl (C=O) groups excluding carboxylic acids is 1. The third-order valence-electron chi connectivity index (χ3n) is 4.17. The molecule has 1 aromatic heterocycles. The van der Waals surface area contributed by atoms with Crippen LogP contribution in [0.5, 0.6) is 0 Å². The number of benzene rings is 1. The molecule has 132 valence electrons. The molecule has 0 bridgehead atoms. The molecule has 1 aliphatic rings. The van der Waals surface area contributed by atoms with E-state index in [1.165, 1.54) is 0 Å². The maximum atomic E-state index is 12.6. The third kappa shape index (κ3) is 4.39. The highest BCUT2D eigenvalue weighted by Crippen LogP contribution is 2.21. The molecule has 7 heteroatoms. The first-order chi connectivity index (χ1) is 12.2. The second-order valence-corrected chi connectivity index (χ2v) is 6.42. The van der Waals surface area contributed by atoms with E-state index in [9.17, 15) is 4.79 Å². The van der Waals surface area contributed by atoms with Gasteiger partial charge in [-0.3, -0.25) is 4.79 Å². The number of nitrogens with one attached hydrogen (secondary N) is 1. The average molecular weight is 360 g/mol. The molecule has 0 atom stereocenters. The van der Waals surface area contributed by atoms with Crippen LogP contribution in [0.1, 0.15) is 23.7 Å². The summed E-state index contributed by atoms with van der Waals surface area (Å²) in [5, 5.41) is 3.83. The monoisotopic (exact) mass is 359 g/mol. The van der Waals surface area contributed by atoms with Crippen LogP contribution >= 0.6 is 11.6 Å². The molecule has 0 aliphatic carbocycles. The predicted octanol–water partition coefficient (Wildman–Crippen LogP) is 2.91. The first kappa shape index (κ1) is 17.5. The van der Waals surface area contributed by atoms with Crippen molar-refractivity contribution in [3.05, 3.63) is 47.2 Å². The molecule has 3 rings (SSSR count). The lowest BCUT2D eigenvalue weighted by Crippen LogP contribution is -2.48. The second-order valence-electron chi connectivity index (χ2n) is 5.98. The summed E-state index contributed by atoms with van der Waals surface area (Å²) in [6.45, 7) is 5.79. The quantitative estimate of drug-likeness (QED) is 0.889. The number of anilines is 2. The van der Waals surface area contributed by atoms with Gasteiger partial charge in [-0.05, 0) is 24.6 Å². The zero-order valence-corrected chi connectivity index (χ0v) is 15.0. The molecule has 25 heavy (non-hydrogen) atoms. The topological polar surface area (TPSA) is 61.4 Å². The SMILES string of the molecule is CCCNc1ncc(C(=O)N2CCN(c3cccc(Cl)c3)CC2)cn1. The van der Waals surface area contributed by atoms with Gasteiger partial charge in [0.05, 0.1) is 5.56 Å². The summed E-state index contributed by atoms with van der Waals surface area (Å²) in [7, 11) is 0. The van der Waals surface area contributed by atoms with E-state index in [0.717, 1.165) is 36.8 Å². The van der Waals surface area contributed by atoms with Crippen LogP contribution in [-0.4, -0.2) is 53.5 Å². The summed E-state index contributed by atoms with van der Waals surface area (Å²) < 4.78 is 0. The Bertz CT molecular complexity index is 714. The summed E-state index contributed by atoms with van der Waals surface area (Å²) in [5.74, 6) is 0.539. The summed E-state index contributed by atoms with van der Waals surface area (Å²) in [6, 6.07) is 7.80. The van der Waals surface area contributed by atoms with E-state index < -0.39 is 0 Å². The van der Waals surface area contributed by atoms with Gasteiger partial charge in [0.15, 0.2) is 0 Å². The van der Waals surface area contributed by atoms with Crippen molar-refractivity contribution in [1.82, 2.24) is 14.9 Å². The number of amides is 1. The molecule has 2 heterocycles. The summed E-state index contributed by atoms with van der Waals surface area (Å²) >= 11 is 6.06. The number of hydrogen-bond acceptors (Lipinski definition) is 5. The van der Waals surface area contributed by atoms with Crippen LogP contribution in [0.4, 0.5) is 11.6 Å². The Morgan fingerprint density at radius 2 is 1.92 bits per heavy atom. The molecule has 1 N–H and O–H groups in total. The molecule has 2 aromatic rings. The molecular weight excluding hydrogens is 338 g/mol. The number of carbonyl (C=O) groups is 1. The Balaban J connectivity index is 1.58. The largest absolute Gasteiger partial charge is 0.368 e. The van der Waals surface area contributed by atoms with Crippen LogP contribution < -0.4 is 10.2 Å². The number of rotatable bonds is 5. The Kier molecular flexibility index (Phi) is 5.71. The van der Waals surface area contributed by atoms with Crippen molar-refractivity contribution in [3.63, 3.8) is 0 Å². The maximum Gasteiger partial charge on any atom is 0.257 e. The van der Waals surface area contributed by atoms with E-state index in [1.807, 2.05) is 29.2 Å². The Morgan fingerprint density at radius 1 is 1.20 bits per heavy atom. The van der Waals surface area contributed by atoms with Gasteiger partial charge >= 0.3 is 0 Å². The highest BCUT2D eigenvalue weighted by atomic mass is 35.5. The van der Waals surface area contributed by atoms with E-state index in [0.29, 0.717) is 24.6 Å². The lowest BCUT2D eigenvalue weighted by atomic mass is 10.2. The fourth-order valence-corrected chi connectivity index (χ4v) is 2.97. The van der Waals surface area contributed by atoms with Gasteiger partial charge in [0.25, 0.3) is 5.91 Å². The van der Waals surface area contributed by atoms with Gasteiger partial charge in [0.1, 0.15) is 0 Å². The molecular formula is C18H22ClN5O. The lowest BCUT2D eigenvalue weighted by molar-refractivity contribution is 0.0746. The number of hydrogen-bond donors (Lipinski definition) is 1. The van der Waals surface area contributed by atoms with Crippen LogP contribution in [0, 0.1) is 0 Å². The number of halogens is 1. The van der Waals surface area contributed by atoms with Gasteiger partial charge in [-0.2, -0.15) is 0 Å². The third-order valence-corrected chi connectivity index (χ3v) is 4.41. The summed E-state index contributed by atoms with van der Waals surface area (Å²) in [6.07, 6.45) is 4.19. The molecule has 1 aromatic carbocycles. The standard InChI is InChI=1S/C18H22ClN5O/c1-2-6-20-18-21-12-14(13-22-18)17(25)24-9-7-23(8-10-24)16-5-3-4-15(19)11-16/h3-5,11-13H,2,6-10H2,1H3,(H,20,21,22). The molecule has 1 amide bonds. The van der Waals surface area contributed by atoms with Gasteiger partial charge in [-0.15, -0.1) is 0 Å². The first-order valence-electron chi connectivity index (χ1n) is 8.53. The number of aromatic nitrogens is 2. The van der Waals surface area contributed by atoms with Gasteiger partial charge in [0, 0.05) is 55.8 Å². The lowest BCUT2D eigenvalue weighted by Gasteiger charge is -2.36. The molecule has 1 fully saturated rings. The van der Waals surface area contributed by atoms with Crippen molar-refractivity contribution in [3.8, 4) is 0 Å². The van der Waals surface area contributed by atoms with E-state index in [4.69, 9.17) is 11.6 Å². The minimum absolute atomic E-state index is 0.0206. The Hall–Kier alpha value is -2.34. The van der Waals surface area contributed by atoms with Crippen LogP contribution in [-0.2, 0) is 0 Å². The highest BCUT2D eigenvalue weighted by molar-refractivity contribution is 6.30. The van der Waals surface area contributed by atoms with E-state index in [1.54, 1.807) is 12.4 Å². The second kappa shape index (κ2) is 8.16. The van der Waals surface area contributed by atoms with Crippen LogP contribution in [0.3, 0.4) is 0 Å². The summed E-state index contributed by atoms with van der Waals surface area (Å²) in [5.41, 5.74) is 1.62. The van der Waals surface area contributed by atoms with Crippen molar-refractivity contribution in [2.75, 3.05) is 42.9 Å². The molecule has 0 unspecified atom stereocenters. The zero-order chi connectivity index (χ0) is 17.6. The van der Waals surface area contributed by atoms with Gasteiger partial charge in [0.2, 0.25) is 5.95 Å². The maximum absolute atomic E-state index is 12.6. The number of nitrogens with zero attached hydrogens (tertiary/aromatic N) is 4. The Morgan fingerprint density at radius 3 is 2.56 bits per heavy atom. The van der Waals surface area contributed by atoms with Gasteiger partial charge in [-0.1, -0.05) is 24.6 Å². The molecule has 1 saturated heterocycles. The molecule has 0 spiro atoms. The highest BCUT2D eigenvalue weighted by Gasteiger charge is 2.22. The molecule has 6 nitrogen and oxygen atoms in total. The fourth-order valence-electron chi connectivity index (χ4n) is 2.79. The van der Waals surface area contributed by atoms with Crippen LogP contribution in [0.25, 0.3) is 0 Å². The molecule has 0 radical (unpaired) electrons. The summed E-state index contributed by atoms with van der Waals surface area (Å²) in [4.78, 5) is 25.1. The van der Waals surface area contributed by atoms with Crippen LogP contribution in [0.15, 0.2) is 36.7 Å². The average Bonchev–Trinajstić information content (AvgIpc) is 2.66. The normalized spacial score (nSPS) is 14.5. The smallest absolute Gasteiger partial charge is 0.257 e. The molecule has 0 saturated carbocycles.